The van der Waals surface area contributed by atoms with Gasteiger partial charge in [-0.3, -0.25) is 4.99 Å². The summed E-state index contributed by atoms with van der Waals surface area (Å²) in [7, 11) is 3.51. The molecule has 2 N–H and O–H groups in total. The molecule has 0 saturated heterocycles. The van der Waals surface area contributed by atoms with E-state index in [9.17, 15) is 13.2 Å². The van der Waals surface area contributed by atoms with Crippen LogP contribution in [0, 0.1) is 0 Å². The first kappa shape index (κ1) is 19.2. The second-order valence-electron chi connectivity index (χ2n) is 6.85. The number of nitrogens with one attached hydrogen (secondary N) is 2. The lowest BCUT2D eigenvalue weighted by Gasteiger charge is -2.43. The van der Waals surface area contributed by atoms with Crippen molar-refractivity contribution in [2.45, 2.75) is 37.4 Å². The lowest BCUT2D eigenvalue weighted by molar-refractivity contribution is -0.137. The van der Waals surface area contributed by atoms with E-state index in [1.807, 2.05) is 7.05 Å². The van der Waals surface area contributed by atoms with Crippen molar-refractivity contribution in [2.24, 2.45) is 12.0 Å². The molecule has 1 aromatic heterocycles. The third kappa shape index (κ3) is 4.23. The molecule has 1 aliphatic rings. The Bertz CT molecular complexity index is 807. The maximum atomic E-state index is 13.1. The fourth-order valence-electron chi connectivity index (χ4n) is 3.30. The second kappa shape index (κ2) is 7.58. The van der Waals surface area contributed by atoms with Gasteiger partial charge in [0, 0.05) is 26.1 Å². The fourth-order valence-corrected chi connectivity index (χ4v) is 3.30. The van der Waals surface area contributed by atoms with Gasteiger partial charge >= 0.3 is 6.18 Å². The first-order chi connectivity index (χ1) is 12.8. The average molecular weight is 380 g/mol. The minimum absolute atomic E-state index is 0.302. The Kier molecular flexibility index (Phi) is 5.38. The zero-order valence-corrected chi connectivity index (χ0v) is 15.3. The molecule has 0 aliphatic heterocycles. The van der Waals surface area contributed by atoms with E-state index < -0.39 is 11.7 Å². The Balaban J connectivity index is 1.66. The Morgan fingerprint density at radius 2 is 2.07 bits per heavy atom. The highest BCUT2D eigenvalue weighted by molar-refractivity contribution is 5.79. The van der Waals surface area contributed by atoms with Gasteiger partial charge in [-0.05, 0) is 24.5 Å². The van der Waals surface area contributed by atoms with Gasteiger partial charge in [0.25, 0.3) is 0 Å². The Morgan fingerprint density at radius 3 is 2.63 bits per heavy atom. The van der Waals surface area contributed by atoms with Gasteiger partial charge in [-0.15, -0.1) is 10.2 Å². The number of aryl methyl sites for hydroxylation is 1. The Morgan fingerprint density at radius 1 is 1.30 bits per heavy atom. The van der Waals surface area contributed by atoms with Gasteiger partial charge in [0.05, 0.1) is 12.1 Å². The summed E-state index contributed by atoms with van der Waals surface area (Å²) < 4.78 is 41.0. The standard InChI is InChI=1S/C18H23F3N6/c1-22-16(23-10-15-26-25-12-27(15)2)24-11-17(7-4-8-17)13-5-3-6-14(9-13)18(19,20)21/h3,5-6,9,12H,4,7-8,10-11H2,1-2H3,(H2,22,23,24). The van der Waals surface area contributed by atoms with E-state index in [2.05, 4.69) is 25.8 Å². The minimum Gasteiger partial charge on any atom is -0.356 e. The van der Waals surface area contributed by atoms with Crippen molar-refractivity contribution >= 4 is 5.96 Å². The third-order valence-corrected chi connectivity index (χ3v) is 5.15. The summed E-state index contributed by atoms with van der Waals surface area (Å²) in [5.74, 6) is 1.34. The van der Waals surface area contributed by atoms with Crippen LogP contribution in [0.5, 0.6) is 0 Å². The van der Waals surface area contributed by atoms with Crippen molar-refractivity contribution in [1.29, 1.82) is 0 Å². The summed E-state index contributed by atoms with van der Waals surface area (Å²) in [6.45, 7) is 0.972. The third-order valence-electron chi connectivity index (χ3n) is 5.15. The summed E-state index contributed by atoms with van der Waals surface area (Å²) >= 11 is 0. The van der Waals surface area contributed by atoms with Crippen molar-refractivity contribution in [3.8, 4) is 0 Å². The number of rotatable bonds is 5. The molecule has 0 atom stereocenters. The van der Waals surface area contributed by atoms with Crippen molar-refractivity contribution in [3.63, 3.8) is 0 Å². The predicted molar refractivity (Wildman–Crippen MR) is 96.2 cm³/mol. The monoisotopic (exact) mass is 380 g/mol. The molecule has 0 unspecified atom stereocenters. The number of aromatic nitrogens is 3. The SMILES string of the molecule is CN=C(NCc1nncn1C)NCC1(c2cccc(C(F)(F)F)c2)CCC1. The van der Waals surface area contributed by atoms with Crippen LogP contribution in [0.2, 0.25) is 0 Å². The van der Waals surface area contributed by atoms with Crippen LogP contribution in [0.4, 0.5) is 13.2 Å². The topological polar surface area (TPSA) is 67.1 Å². The molecule has 0 amide bonds. The maximum absolute atomic E-state index is 13.1. The summed E-state index contributed by atoms with van der Waals surface area (Å²) in [6.07, 6.45) is -0.0155. The normalized spacial score (nSPS) is 16.7. The molecule has 6 nitrogen and oxygen atoms in total. The number of hydrogen-bond acceptors (Lipinski definition) is 3. The number of aliphatic imine (C=N–C) groups is 1. The maximum Gasteiger partial charge on any atom is 0.416 e. The summed E-state index contributed by atoms with van der Waals surface area (Å²) in [4.78, 5) is 4.19. The van der Waals surface area contributed by atoms with Crippen LogP contribution in [0.15, 0.2) is 35.6 Å². The lowest BCUT2D eigenvalue weighted by Crippen LogP contribution is -2.48. The highest BCUT2D eigenvalue weighted by Crippen LogP contribution is 2.44. The Hall–Kier alpha value is -2.58. The smallest absolute Gasteiger partial charge is 0.356 e. The van der Waals surface area contributed by atoms with Gasteiger partial charge < -0.3 is 15.2 Å². The van der Waals surface area contributed by atoms with Crippen LogP contribution in [0.1, 0.15) is 36.2 Å². The molecule has 146 valence electrons. The van der Waals surface area contributed by atoms with Crippen LogP contribution >= 0.6 is 0 Å². The molecular formula is C18H23F3N6. The molecule has 0 radical (unpaired) electrons. The molecule has 2 aromatic rings. The van der Waals surface area contributed by atoms with Crippen molar-refractivity contribution < 1.29 is 13.2 Å². The van der Waals surface area contributed by atoms with E-state index in [1.165, 1.54) is 12.1 Å². The van der Waals surface area contributed by atoms with Crippen molar-refractivity contribution in [3.05, 3.63) is 47.5 Å². The average Bonchev–Trinajstić information content (AvgIpc) is 3.01. The van der Waals surface area contributed by atoms with Crippen molar-refractivity contribution in [1.82, 2.24) is 25.4 Å². The summed E-state index contributed by atoms with van der Waals surface area (Å²) in [5, 5.41) is 14.2. The highest BCUT2D eigenvalue weighted by atomic mass is 19.4. The molecular weight excluding hydrogens is 357 g/mol. The zero-order chi connectivity index (χ0) is 19.5. The molecule has 9 heteroatoms. The van der Waals surface area contributed by atoms with E-state index in [0.29, 0.717) is 19.0 Å². The van der Waals surface area contributed by atoms with Gasteiger partial charge in [0.2, 0.25) is 0 Å². The quantitative estimate of drug-likeness (QED) is 0.618. The van der Waals surface area contributed by atoms with Crippen LogP contribution < -0.4 is 10.6 Å². The molecule has 3 rings (SSSR count). The molecule has 1 saturated carbocycles. The van der Waals surface area contributed by atoms with Gasteiger partial charge in [0.1, 0.15) is 6.33 Å². The van der Waals surface area contributed by atoms with E-state index >= 15 is 0 Å². The number of benzene rings is 1. The molecule has 1 aromatic carbocycles. The summed E-state index contributed by atoms with van der Waals surface area (Å²) in [6, 6.07) is 5.66. The molecule has 0 bridgehead atoms. The largest absolute Gasteiger partial charge is 0.416 e. The van der Waals surface area contributed by atoms with E-state index in [4.69, 9.17) is 0 Å². The zero-order valence-electron chi connectivity index (χ0n) is 15.3. The fraction of sp³-hybridized carbons (Fsp3) is 0.500. The van der Waals surface area contributed by atoms with E-state index in [0.717, 1.165) is 36.7 Å². The number of hydrogen-bond donors (Lipinski definition) is 2. The predicted octanol–water partition coefficient (Wildman–Crippen LogP) is 2.62. The Labute approximate surface area is 155 Å². The first-order valence-electron chi connectivity index (χ1n) is 8.79. The lowest BCUT2D eigenvalue weighted by atomic mass is 9.64. The van der Waals surface area contributed by atoms with Crippen LogP contribution in [-0.2, 0) is 25.2 Å². The number of nitrogens with zero attached hydrogens (tertiary/aromatic N) is 4. The molecule has 27 heavy (non-hydrogen) atoms. The van der Waals surface area contributed by atoms with E-state index in [-0.39, 0.29) is 5.41 Å². The number of guanidine groups is 1. The number of halogens is 3. The van der Waals surface area contributed by atoms with Gasteiger partial charge in [-0.2, -0.15) is 13.2 Å². The number of alkyl halides is 3. The van der Waals surface area contributed by atoms with Crippen LogP contribution in [-0.4, -0.2) is 34.3 Å². The van der Waals surface area contributed by atoms with Crippen molar-refractivity contribution in [2.75, 3.05) is 13.6 Å². The molecule has 1 heterocycles. The molecule has 1 fully saturated rings. The highest BCUT2D eigenvalue weighted by Gasteiger charge is 2.40. The van der Waals surface area contributed by atoms with Crippen LogP contribution in [0.25, 0.3) is 0 Å². The molecule has 0 spiro atoms. The van der Waals surface area contributed by atoms with E-state index in [1.54, 1.807) is 24.0 Å². The van der Waals surface area contributed by atoms with Crippen LogP contribution in [0.3, 0.4) is 0 Å². The second-order valence-corrected chi connectivity index (χ2v) is 6.85. The minimum atomic E-state index is -4.33. The van der Waals surface area contributed by atoms with Gasteiger partial charge in [-0.1, -0.05) is 24.6 Å². The molecule has 1 aliphatic carbocycles. The first-order valence-corrected chi connectivity index (χ1v) is 8.79. The van der Waals surface area contributed by atoms with Gasteiger partial charge in [-0.25, -0.2) is 0 Å². The summed E-state index contributed by atoms with van der Waals surface area (Å²) in [5.41, 5.74) is -0.181. The van der Waals surface area contributed by atoms with Gasteiger partial charge in [0.15, 0.2) is 11.8 Å².